The van der Waals surface area contributed by atoms with Crippen molar-refractivity contribution in [3.8, 4) is 0 Å². The summed E-state index contributed by atoms with van der Waals surface area (Å²) in [6.45, 7) is 12.4. The van der Waals surface area contributed by atoms with Crippen molar-refractivity contribution in [1.29, 1.82) is 0 Å². The highest BCUT2D eigenvalue weighted by atomic mass is 16.7. The molecule has 5 heteroatoms. The lowest BCUT2D eigenvalue weighted by Gasteiger charge is -2.32. The van der Waals surface area contributed by atoms with Gasteiger partial charge in [-0.3, -0.25) is 0 Å². The normalized spacial score (nSPS) is 20.6. The van der Waals surface area contributed by atoms with Gasteiger partial charge in [-0.2, -0.15) is 0 Å². The predicted molar refractivity (Wildman–Crippen MR) is 83.8 cm³/mol. The van der Waals surface area contributed by atoms with Gasteiger partial charge in [-0.1, -0.05) is 19.9 Å². The third-order valence-electron chi connectivity index (χ3n) is 4.45. The minimum Gasteiger partial charge on any atom is -0.440 e. The standard InChI is InChI=1S/C16H22BNO3/c1-10(2)14-18-12-9-11(7-8-13(12)19-14)17-20-15(3,4)16(5,6)21-17/h7-10H,1-6H3. The van der Waals surface area contributed by atoms with E-state index in [0.29, 0.717) is 0 Å². The van der Waals surface area contributed by atoms with E-state index < -0.39 is 0 Å². The third-order valence-corrected chi connectivity index (χ3v) is 4.45. The summed E-state index contributed by atoms with van der Waals surface area (Å²) in [5, 5.41) is 0. The molecule has 2 heterocycles. The topological polar surface area (TPSA) is 44.5 Å². The lowest BCUT2D eigenvalue weighted by molar-refractivity contribution is 0.00578. The van der Waals surface area contributed by atoms with E-state index >= 15 is 0 Å². The highest BCUT2D eigenvalue weighted by Gasteiger charge is 2.51. The predicted octanol–water partition coefficient (Wildman–Crippen LogP) is 3.25. The van der Waals surface area contributed by atoms with Crippen molar-refractivity contribution in [2.75, 3.05) is 0 Å². The fourth-order valence-corrected chi connectivity index (χ4v) is 2.33. The molecule has 0 bridgehead atoms. The van der Waals surface area contributed by atoms with Crippen LogP contribution in [0.1, 0.15) is 53.4 Å². The van der Waals surface area contributed by atoms with Gasteiger partial charge < -0.3 is 13.7 Å². The van der Waals surface area contributed by atoms with Gasteiger partial charge in [0.05, 0.1) is 11.2 Å². The highest BCUT2D eigenvalue weighted by molar-refractivity contribution is 6.62. The minimum absolute atomic E-state index is 0.276. The van der Waals surface area contributed by atoms with Crippen LogP contribution < -0.4 is 5.46 Å². The number of hydrogen-bond acceptors (Lipinski definition) is 4. The maximum absolute atomic E-state index is 6.07. The molecule has 112 valence electrons. The van der Waals surface area contributed by atoms with Crippen molar-refractivity contribution in [2.45, 2.75) is 58.7 Å². The van der Waals surface area contributed by atoms with Gasteiger partial charge in [-0.25, -0.2) is 4.98 Å². The van der Waals surface area contributed by atoms with Gasteiger partial charge in [0.1, 0.15) is 5.52 Å². The Morgan fingerprint density at radius 3 is 2.24 bits per heavy atom. The molecular weight excluding hydrogens is 265 g/mol. The molecule has 0 atom stereocenters. The molecule has 2 aromatic rings. The first-order valence-electron chi connectivity index (χ1n) is 7.46. The van der Waals surface area contributed by atoms with Crippen LogP contribution in [0.2, 0.25) is 0 Å². The van der Waals surface area contributed by atoms with Gasteiger partial charge in [0.2, 0.25) is 0 Å². The maximum atomic E-state index is 6.07. The molecule has 0 saturated carbocycles. The van der Waals surface area contributed by atoms with Crippen molar-refractivity contribution in [3.63, 3.8) is 0 Å². The lowest BCUT2D eigenvalue weighted by Crippen LogP contribution is -2.41. The molecule has 0 unspecified atom stereocenters. The maximum Gasteiger partial charge on any atom is 0.494 e. The van der Waals surface area contributed by atoms with Crippen LogP contribution in [0.3, 0.4) is 0 Å². The van der Waals surface area contributed by atoms with Crippen molar-refractivity contribution in [1.82, 2.24) is 4.98 Å². The summed E-state index contributed by atoms with van der Waals surface area (Å²) < 4.78 is 17.9. The molecule has 0 radical (unpaired) electrons. The average Bonchev–Trinajstić information content (AvgIpc) is 2.88. The minimum atomic E-state index is -0.362. The summed E-state index contributed by atoms with van der Waals surface area (Å²) in [5.41, 5.74) is 1.97. The molecule has 4 nitrogen and oxygen atoms in total. The molecule has 0 amide bonds. The Balaban J connectivity index is 1.95. The van der Waals surface area contributed by atoms with Crippen LogP contribution in [0.15, 0.2) is 22.6 Å². The van der Waals surface area contributed by atoms with Gasteiger partial charge in [0, 0.05) is 5.92 Å². The van der Waals surface area contributed by atoms with Crippen LogP contribution in [-0.2, 0) is 9.31 Å². The zero-order chi connectivity index (χ0) is 15.4. The molecule has 0 aliphatic carbocycles. The van der Waals surface area contributed by atoms with Crippen molar-refractivity contribution >= 4 is 23.7 Å². The molecule has 1 aromatic heterocycles. The van der Waals surface area contributed by atoms with Gasteiger partial charge in [-0.15, -0.1) is 0 Å². The Kier molecular flexibility index (Phi) is 3.19. The van der Waals surface area contributed by atoms with Gasteiger partial charge in [0.25, 0.3) is 0 Å². The first kappa shape index (κ1) is 14.6. The number of aromatic nitrogens is 1. The number of oxazole rings is 1. The fraction of sp³-hybridized carbons (Fsp3) is 0.562. The van der Waals surface area contributed by atoms with E-state index in [-0.39, 0.29) is 24.2 Å². The molecule has 3 rings (SSSR count). The average molecular weight is 287 g/mol. The zero-order valence-electron chi connectivity index (χ0n) is 13.6. The largest absolute Gasteiger partial charge is 0.494 e. The SMILES string of the molecule is CC(C)c1nc2cc(B3OC(C)(C)C(C)(C)O3)ccc2o1. The van der Waals surface area contributed by atoms with Crippen LogP contribution >= 0.6 is 0 Å². The number of fused-ring (bicyclic) bond motifs is 1. The van der Waals surface area contributed by atoms with Crippen molar-refractivity contribution in [2.24, 2.45) is 0 Å². The van der Waals surface area contributed by atoms with Crippen molar-refractivity contribution in [3.05, 3.63) is 24.1 Å². The van der Waals surface area contributed by atoms with Crippen LogP contribution in [0, 0.1) is 0 Å². The Hall–Kier alpha value is -1.33. The second kappa shape index (κ2) is 4.58. The molecule has 0 N–H and O–H groups in total. The summed E-state index contributed by atoms with van der Waals surface area (Å²) in [7, 11) is -0.362. The number of hydrogen-bond donors (Lipinski definition) is 0. The number of benzene rings is 1. The van der Waals surface area contributed by atoms with Crippen LogP contribution in [0.5, 0.6) is 0 Å². The lowest BCUT2D eigenvalue weighted by atomic mass is 9.79. The smallest absolute Gasteiger partial charge is 0.440 e. The third kappa shape index (κ3) is 2.38. The molecule has 21 heavy (non-hydrogen) atoms. The van der Waals surface area contributed by atoms with Crippen LogP contribution in [0.25, 0.3) is 11.1 Å². The molecule has 1 aliphatic heterocycles. The van der Waals surface area contributed by atoms with Crippen LogP contribution in [0.4, 0.5) is 0 Å². The Morgan fingerprint density at radius 2 is 1.67 bits per heavy atom. The number of rotatable bonds is 2. The fourth-order valence-electron chi connectivity index (χ4n) is 2.33. The molecule has 1 aromatic carbocycles. The Labute approximate surface area is 126 Å². The van der Waals surface area contributed by atoms with E-state index in [1.807, 2.05) is 18.2 Å². The van der Waals surface area contributed by atoms with E-state index in [4.69, 9.17) is 13.7 Å². The summed E-state index contributed by atoms with van der Waals surface area (Å²) in [6, 6.07) is 5.92. The van der Waals surface area contributed by atoms with Gasteiger partial charge in [0.15, 0.2) is 11.5 Å². The highest BCUT2D eigenvalue weighted by Crippen LogP contribution is 2.36. The molecular formula is C16H22BNO3. The Bertz CT molecular complexity index is 659. The zero-order valence-corrected chi connectivity index (χ0v) is 13.6. The molecule has 1 saturated heterocycles. The summed E-state index contributed by atoms with van der Waals surface area (Å²) in [6.07, 6.45) is 0. The monoisotopic (exact) mass is 287 g/mol. The second-order valence-electron chi connectivity index (χ2n) is 7.02. The second-order valence-corrected chi connectivity index (χ2v) is 7.02. The van der Waals surface area contributed by atoms with E-state index in [1.165, 1.54) is 0 Å². The van der Waals surface area contributed by atoms with Crippen molar-refractivity contribution < 1.29 is 13.7 Å². The van der Waals surface area contributed by atoms with E-state index in [2.05, 4.69) is 46.5 Å². The first-order valence-corrected chi connectivity index (χ1v) is 7.46. The van der Waals surface area contributed by atoms with Gasteiger partial charge >= 0.3 is 7.12 Å². The molecule has 1 aliphatic rings. The van der Waals surface area contributed by atoms with E-state index in [0.717, 1.165) is 22.5 Å². The number of nitrogens with zero attached hydrogens (tertiary/aromatic N) is 1. The quantitative estimate of drug-likeness (QED) is 0.795. The van der Waals surface area contributed by atoms with Crippen LogP contribution in [-0.4, -0.2) is 23.3 Å². The summed E-state index contributed by atoms with van der Waals surface area (Å²) >= 11 is 0. The van der Waals surface area contributed by atoms with E-state index in [9.17, 15) is 0 Å². The first-order chi connectivity index (χ1) is 9.69. The molecule has 1 fully saturated rings. The Morgan fingerprint density at radius 1 is 1.05 bits per heavy atom. The van der Waals surface area contributed by atoms with E-state index in [1.54, 1.807) is 0 Å². The molecule has 0 spiro atoms. The summed E-state index contributed by atoms with van der Waals surface area (Å²) in [5.74, 6) is 1.04. The summed E-state index contributed by atoms with van der Waals surface area (Å²) in [4.78, 5) is 4.54. The van der Waals surface area contributed by atoms with Gasteiger partial charge in [-0.05, 0) is 45.3 Å².